The van der Waals surface area contributed by atoms with Crippen LogP contribution < -0.4 is 10.2 Å². The van der Waals surface area contributed by atoms with Crippen LogP contribution in [0.1, 0.15) is 5.56 Å². The van der Waals surface area contributed by atoms with Gasteiger partial charge in [0.1, 0.15) is 5.75 Å². The van der Waals surface area contributed by atoms with Crippen LogP contribution in [-0.2, 0) is 6.42 Å². The fourth-order valence-corrected chi connectivity index (χ4v) is 2.03. The summed E-state index contributed by atoms with van der Waals surface area (Å²) in [7, 11) is 0. The van der Waals surface area contributed by atoms with E-state index in [4.69, 9.17) is 4.74 Å². The van der Waals surface area contributed by atoms with Gasteiger partial charge in [0.05, 0.1) is 12.3 Å². The average molecular weight is 213 g/mol. The molecule has 1 N–H and O–H groups in total. The van der Waals surface area contributed by atoms with Crippen LogP contribution >= 0.6 is 0 Å². The lowest BCUT2D eigenvalue weighted by molar-refractivity contribution is 0.358. The number of para-hydroxylation sites is 1. The Labute approximate surface area is 92.7 Å². The van der Waals surface area contributed by atoms with Gasteiger partial charge in [0.2, 0.25) is 0 Å². The molecular formula is C13H11NO2. The zero-order chi connectivity index (χ0) is 11.0. The van der Waals surface area contributed by atoms with E-state index in [9.17, 15) is 4.79 Å². The molecule has 0 radical (unpaired) electrons. The Kier molecular flexibility index (Phi) is 2.03. The number of aromatic amines is 1. The second-order valence-corrected chi connectivity index (χ2v) is 3.83. The van der Waals surface area contributed by atoms with Crippen LogP contribution in [0.5, 0.6) is 5.75 Å². The Hall–Kier alpha value is -2.03. The predicted molar refractivity (Wildman–Crippen MR) is 61.7 cm³/mol. The molecule has 0 fully saturated rings. The topological polar surface area (TPSA) is 42.1 Å². The van der Waals surface area contributed by atoms with E-state index < -0.39 is 0 Å². The predicted octanol–water partition coefficient (Wildman–Crippen LogP) is 1.98. The first kappa shape index (κ1) is 9.21. The lowest BCUT2D eigenvalue weighted by Crippen LogP contribution is -1.99. The molecule has 0 atom stereocenters. The lowest BCUT2D eigenvalue weighted by Gasteiger charge is -2.07. The highest BCUT2D eigenvalue weighted by atomic mass is 16.5. The van der Waals surface area contributed by atoms with Gasteiger partial charge in [-0.25, -0.2) is 0 Å². The van der Waals surface area contributed by atoms with Crippen molar-refractivity contribution in [1.29, 1.82) is 0 Å². The maximum Gasteiger partial charge on any atom is 0.182 e. The molecule has 1 aliphatic rings. The van der Waals surface area contributed by atoms with Gasteiger partial charge in [0.25, 0.3) is 0 Å². The molecule has 1 aromatic heterocycles. The van der Waals surface area contributed by atoms with E-state index in [0.29, 0.717) is 0 Å². The third-order valence-electron chi connectivity index (χ3n) is 2.78. The molecule has 0 saturated heterocycles. The van der Waals surface area contributed by atoms with Crippen molar-refractivity contribution >= 4 is 0 Å². The molecule has 16 heavy (non-hydrogen) atoms. The van der Waals surface area contributed by atoms with E-state index in [2.05, 4.69) is 11.1 Å². The molecule has 3 heteroatoms. The van der Waals surface area contributed by atoms with Gasteiger partial charge in [-0.2, -0.15) is 0 Å². The zero-order valence-electron chi connectivity index (χ0n) is 8.69. The van der Waals surface area contributed by atoms with E-state index in [-0.39, 0.29) is 5.43 Å². The van der Waals surface area contributed by atoms with Crippen LogP contribution in [-0.4, -0.2) is 11.6 Å². The van der Waals surface area contributed by atoms with Crippen molar-refractivity contribution in [3.05, 3.63) is 52.3 Å². The van der Waals surface area contributed by atoms with E-state index in [1.807, 2.05) is 12.1 Å². The number of pyridine rings is 1. The molecular weight excluding hydrogens is 202 g/mol. The van der Waals surface area contributed by atoms with E-state index in [1.165, 1.54) is 11.6 Å². The van der Waals surface area contributed by atoms with E-state index in [1.54, 1.807) is 12.3 Å². The summed E-state index contributed by atoms with van der Waals surface area (Å²) in [5, 5.41) is 0. The molecule has 0 unspecified atom stereocenters. The van der Waals surface area contributed by atoms with Crippen molar-refractivity contribution in [2.75, 3.05) is 6.61 Å². The van der Waals surface area contributed by atoms with Crippen LogP contribution in [0.25, 0.3) is 11.3 Å². The number of hydrogen-bond donors (Lipinski definition) is 1. The summed E-state index contributed by atoms with van der Waals surface area (Å²) in [6, 6.07) is 9.13. The van der Waals surface area contributed by atoms with Crippen molar-refractivity contribution in [3.63, 3.8) is 0 Å². The Balaban J connectivity index is 2.21. The molecule has 0 amide bonds. The largest absolute Gasteiger partial charge is 0.492 e. The highest BCUT2D eigenvalue weighted by molar-refractivity contribution is 5.69. The summed E-state index contributed by atoms with van der Waals surface area (Å²) in [5.74, 6) is 0.907. The molecule has 2 aromatic rings. The highest BCUT2D eigenvalue weighted by Gasteiger charge is 2.16. The van der Waals surface area contributed by atoms with Crippen molar-refractivity contribution < 1.29 is 4.74 Å². The van der Waals surface area contributed by atoms with Crippen LogP contribution in [0.15, 0.2) is 41.3 Å². The van der Waals surface area contributed by atoms with Gasteiger partial charge >= 0.3 is 0 Å². The van der Waals surface area contributed by atoms with Crippen molar-refractivity contribution in [2.24, 2.45) is 0 Å². The summed E-state index contributed by atoms with van der Waals surface area (Å²) in [6.07, 6.45) is 2.60. The fraction of sp³-hybridized carbons (Fsp3) is 0.154. The number of rotatable bonds is 1. The Morgan fingerprint density at radius 3 is 3.06 bits per heavy atom. The van der Waals surface area contributed by atoms with Gasteiger partial charge in [0.15, 0.2) is 5.43 Å². The van der Waals surface area contributed by atoms with Crippen LogP contribution in [0.2, 0.25) is 0 Å². The molecule has 0 aliphatic carbocycles. The number of ether oxygens (including phenoxy) is 1. The highest BCUT2D eigenvalue weighted by Crippen LogP contribution is 2.35. The molecule has 3 rings (SSSR count). The molecule has 0 bridgehead atoms. The zero-order valence-corrected chi connectivity index (χ0v) is 8.69. The van der Waals surface area contributed by atoms with Gasteiger partial charge < -0.3 is 9.72 Å². The molecule has 3 nitrogen and oxygen atoms in total. The number of H-pyrrole nitrogens is 1. The minimum atomic E-state index is 0.00403. The van der Waals surface area contributed by atoms with E-state index in [0.717, 1.165) is 30.0 Å². The summed E-state index contributed by atoms with van der Waals surface area (Å²) in [4.78, 5) is 14.4. The molecule has 80 valence electrons. The molecule has 2 heterocycles. The van der Waals surface area contributed by atoms with Gasteiger partial charge in [-0.05, 0) is 11.6 Å². The number of aromatic nitrogens is 1. The van der Waals surface area contributed by atoms with Gasteiger partial charge in [-0.3, -0.25) is 4.79 Å². The molecule has 1 aromatic carbocycles. The van der Waals surface area contributed by atoms with Crippen LogP contribution in [0.3, 0.4) is 0 Å². The van der Waals surface area contributed by atoms with Crippen LogP contribution in [0, 0.1) is 0 Å². The number of hydrogen-bond acceptors (Lipinski definition) is 2. The second-order valence-electron chi connectivity index (χ2n) is 3.83. The van der Waals surface area contributed by atoms with Gasteiger partial charge in [-0.15, -0.1) is 0 Å². The lowest BCUT2D eigenvalue weighted by atomic mass is 10.1. The molecule has 1 aliphatic heterocycles. The van der Waals surface area contributed by atoms with Crippen LogP contribution in [0.4, 0.5) is 0 Å². The maximum atomic E-state index is 11.3. The number of benzene rings is 1. The minimum absolute atomic E-state index is 0.00403. The quantitative estimate of drug-likeness (QED) is 0.787. The normalized spacial score (nSPS) is 13.2. The van der Waals surface area contributed by atoms with Crippen molar-refractivity contribution in [3.8, 4) is 17.0 Å². The Morgan fingerprint density at radius 1 is 1.25 bits per heavy atom. The first-order valence-electron chi connectivity index (χ1n) is 5.28. The summed E-state index contributed by atoms with van der Waals surface area (Å²) >= 11 is 0. The second kappa shape index (κ2) is 3.52. The SMILES string of the molecule is O=c1cc[nH]c(-c2cccc3c2OCC3)c1. The minimum Gasteiger partial charge on any atom is -0.492 e. The summed E-state index contributed by atoms with van der Waals surface area (Å²) < 4.78 is 5.60. The summed E-state index contributed by atoms with van der Waals surface area (Å²) in [5.41, 5.74) is 2.99. The molecule has 0 spiro atoms. The maximum absolute atomic E-state index is 11.3. The van der Waals surface area contributed by atoms with Gasteiger partial charge in [-0.1, -0.05) is 12.1 Å². The standard InChI is InChI=1S/C13H11NO2/c15-10-4-6-14-12(8-10)11-3-1-2-9-5-7-16-13(9)11/h1-4,6,8H,5,7H2,(H,14,15). The van der Waals surface area contributed by atoms with Crippen molar-refractivity contribution in [1.82, 2.24) is 4.98 Å². The summed E-state index contributed by atoms with van der Waals surface area (Å²) in [6.45, 7) is 0.726. The fourth-order valence-electron chi connectivity index (χ4n) is 2.03. The monoisotopic (exact) mass is 213 g/mol. The molecule has 0 saturated carbocycles. The van der Waals surface area contributed by atoms with E-state index >= 15 is 0 Å². The Bertz CT molecular complexity index is 586. The average Bonchev–Trinajstić information content (AvgIpc) is 2.76. The third-order valence-corrected chi connectivity index (χ3v) is 2.78. The number of nitrogens with one attached hydrogen (secondary N) is 1. The van der Waals surface area contributed by atoms with Crippen molar-refractivity contribution in [2.45, 2.75) is 6.42 Å². The Morgan fingerprint density at radius 2 is 2.19 bits per heavy atom. The van der Waals surface area contributed by atoms with Gasteiger partial charge in [0, 0.05) is 30.3 Å². The third kappa shape index (κ3) is 1.41. The number of fused-ring (bicyclic) bond motifs is 1. The first-order chi connectivity index (χ1) is 7.84. The first-order valence-corrected chi connectivity index (χ1v) is 5.28. The smallest absolute Gasteiger partial charge is 0.182 e.